The molecule has 0 saturated carbocycles. The molecule has 1 aromatic carbocycles. The number of hydrogen-bond acceptors (Lipinski definition) is 4. The van der Waals surface area contributed by atoms with Crippen molar-refractivity contribution in [2.45, 2.75) is 26.2 Å². The van der Waals surface area contributed by atoms with Gasteiger partial charge >= 0.3 is 0 Å². The van der Waals surface area contributed by atoms with Crippen molar-refractivity contribution in [3.8, 4) is 0 Å². The highest BCUT2D eigenvalue weighted by Gasteiger charge is 2.15. The fourth-order valence-corrected chi connectivity index (χ4v) is 2.02. The van der Waals surface area contributed by atoms with Crippen LogP contribution in [0.15, 0.2) is 47.1 Å². The first kappa shape index (κ1) is 18.3. The van der Waals surface area contributed by atoms with Crippen LogP contribution in [0.4, 0.5) is 0 Å². The van der Waals surface area contributed by atoms with Crippen molar-refractivity contribution in [2.24, 2.45) is 0 Å². The van der Waals surface area contributed by atoms with Gasteiger partial charge in [-0.25, -0.2) is 0 Å². The van der Waals surface area contributed by atoms with Gasteiger partial charge in [0.15, 0.2) is 5.76 Å². The molecule has 0 aliphatic heterocycles. The Morgan fingerprint density at radius 1 is 0.960 bits per heavy atom. The Hall–Kier alpha value is -3.09. The van der Waals surface area contributed by atoms with Crippen molar-refractivity contribution in [1.29, 1.82) is 0 Å². The van der Waals surface area contributed by atoms with E-state index in [0.717, 1.165) is 5.56 Å². The molecule has 3 N–H and O–H groups in total. The summed E-state index contributed by atoms with van der Waals surface area (Å²) in [5.41, 5.74) is 6.07. The smallest absolute Gasteiger partial charge is 0.287 e. The summed E-state index contributed by atoms with van der Waals surface area (Å²) >= 11 is 0. The first-order valence-electron chi connectivity index (χ1n) is 7.79. The second-order valence-electron chi connectivity index (χ2n) is 6.49. The number of benzene rings is 1. The summed E-state index contributed by atoms with van der Waals surface area (Å²) in [4.78, 5) is 35.3. The van der Waals surface area contributed by atoms with E-state index in [1.807, 2.05) is 12.1 Å². The summed E-state index contributed by atoms with van der Waals surface area (Å²) in [5, 5.41) is 2.38. The number of rotatable bonds is 4. The lowest BCUT2D eigenvalue weighted by molar-refractivity contribution is -0.120. The van der Waals surface area contributed by atoms with E-state index >= 15 is 0 Å². The summed E-state index contributed by atoms with van der Waals surface area (Å²) in [7, 11) is 0. The minimum atomic E-state index is -0.556. The first-order chi connectivity index (χ1) is 11.8. The van der Waals surface area contributed by atoms with E-state index in [9.17, 15) is 14.4 Å². The van der Waals surface area contributed by atoms with Crippen molar-refractivity contribution in [3.05, 3.63) is 59.5 Å². The number of nitrogens with one attached hydrogen (secondary N) is 3. The second kappa shape index (κ2) is 7.65. The van der Waals surface area contributed by atoms with Gasteiger partial charge < -0.3 is 9.73 Å². The van der Waals surface area contributed by atoms with Crippen molar-refractivity contribution >= 4 is 17.7 Å². The van der Waals surface area contributed by atoms with Gasteiger partial charge in [-0.15, -0.1) is 0 Å². The predicted molar refractivity (Wildman–Crippen MR) is 91.8 cm³/mol. The molecule has 2 aromatic rings. The molecule has 132 valence electrons. The number of carbonyl (C=O) groups is 3. The van der Waals surface area contributed by atoms with Crippen molar-refractivity contribution in [2.75, 3.05) is 6.54 Å². The third-order valence-electron chi connectivity index (χ3n) is 3.48. The molecule has 0 fully saturated rings. The zero-order valence-corrected chi connectivity index (χ0v) is 14.4. The third-order valence-corrected chi connectivity index (χ3v) is 3.48. The van der Waals surface area contributed by atoms with E-state index in [-0.39, 0.29) is 17.7 Å². The summed E-state index contributed by atoms with van der Waals surface area (Å²) in [5.74, 6) is -1.40. The van der Waals surface area contributed by atoms with Gasteiger partial charge in [0.05, 0.1) is 12.8 Å². The Morgan fingerprint density at radius 2 is 1.64 bits per heavy atom. The topological polar surface area (TPSA) is 100 Å². The number of hydrogen-bond donors (Lipinski definition) is 3. The molecule has 1 aromatic heterocycles. The lowest BCUT2D eigenvalue weighted by Gasteiger charge is -2.19. The lowest BCUT2D eigenvalue weighted by Crippen LogP contribution is -2.46. The van der Waals surface area contributed by atoms with Crippen LogP contribution in [0.5, 0.6) is 0 Å². The summed E-state index contributed by atoms with van der Waals surface area (Å²) < 4.78 is 4.90. The highest BCUT2D eigenvalue weighted by molar-refractivity contribution is 5.97. The van der Waals surface area contributed by atoms with E-state index in [4.69, 9.17) is 4.42 Å². The summed E-state index contributed by atoms with van der Waals surface area (Å²) in [6.45, 7) is 5.96. The van der Waals surface area contributed by atoms with Crippen LogP contribution in [0.3, 0.4) is 0 Å². The van der Waals surface area contributed by atoms with Gasteiger partial charge in [-0.05, 0) is 35.2 Å². The van der Waals surface area contributed by atoms with Gasteiger partial charge in [0.1, 0.15) is 0 Å². The van der Waals surface area contributed by atoms with Crippen LogP contribution in [0.25, 0.3) is 0 Å². The zero-order valence-electron chi connectivity index (χ0n) is 14.4. The second-order valence-corrected chi connectivity index (χ2v) is 6.49. The fraction of sp³-hybridized carbons (Fsp3) is 0.278. The summed E-state index contributed by atoms with van der Waals surface area (Å²) in [6.07, 6.45) is 1.36. The molecule has 7 heteroatoms. The SMILES string of the molecule is CC(C)(C)c1ccc(C(=O)NNC(=O)CNC(=O)c2ccco2)cc1. The molecule has 0 atom stereocenters. The molecule has 1 heterocycles. The molecule has 2 rings (SSSR count). The molecule has 25 heavy (non-hydrogen) atoms. The number of hydrazine groups is 1. The maximum Gasteiger partial charge on any atom is 0.287 e. The van der Waals surface area contributed by atoms with E-state index in [1.54, 1.807) is 18.2 Å². The maximum absolute atomic E-state index is 12.0. The van der Waals surface area contributed by atoms with E-state index in [1.165, 1.54) is 12.3 Å². The standard InChI is InChI=1S/C18H21N3O4/c1-18(2,3)13-8-6-12(7-9-13)16(23)21-20-15(22)11-19-17(24)14-5-4-10-25-14/h4-10H,11H2,1-3H3,(H,19,24)(H,20,22)(H,21,23). The molecule has 0 aliphatic carbocycles. The number of amides is 3. The highest BCUT2D eigenvalue weighted by Crippen LogP contribution is 2.22. The average molecular weight is 343 g/mol. The van der Waals surface area contributed by atoms with Gasteiger partial charge in [0.2, 0.25) is 0 Å². The molecule has 0 unspecified atom stereocenters. The Labute approximate surface area is 145 Å². The first-order valence-corrected chi connectivity index (χ1v) is 7.79. The largest absolute Gasteiger partial charge is 0.459 e. The van der Waals surface area contributed by atoms with Gasteiger partial charge in [-0.3, -0.25) is 25.2 Å². The maximum atomic E-state index is 12.0. The molecule has 0 bridgehead atoms. The van der Waals surface area contributed by atoms with Gasteiger partial charge in [0.25, 0.3) is 17.7 Å². The van der Waals surface area contributed by atoms with Crippen LogP contribution < -0.4 is 16.2 Å². The lowest BCUT2D eigenvalue weighted by atomic mass is 9.87. The molecule has 0 saturated heterocycles. The van der Waals surface area contributed by atoms with Crippen LogP contribution in [-0.4, -0.2) is 24.3 Å². The molecule has 0 radical (unpaired) electrons. The van der Waals surface area contributed by atoms with Gasteiger partial charge in [-0.1, -0.05) is 32.9 Å². The molecular formula is C18H21N3O4. The van der Waals surface area contributed by atoms with E-state index in [0.29, 0.717) is 5.56 Å². The quantitative estimate of drug-likeness (QED) is 0.737. The van der Waals surface area contributed by atoms with Crippen molar-refractivity contribution in [3.63, 3.8) is 0 Å². The predicted octanol–water partition coefficient (Wildman–Crippen LogP) is 1.77. The number of furan rings is 1. The normalized spacial score (nSPS) is 10.8. The third kappa shape index (κ3) is 5.20. The minimum absolute atomic E-state index is 0.00454. The molecule has 7 nitrogen and oxygen atoms in total. The van der Waals surface area contributed by atoms with Gasteiger partial charge in [0, 0.05) is 5.56 Å². The Kier molecular flexibility index (Phi) is 5.59. The Balaban J connectivity index is 1.79. The van der Waals surface area contributed by atoms with Crippen LogP contribution >= 0.6 is 0 Å². The number of carbonyl (C=O) groups excluding carboxylic acids is 3. The van der Waals surface area contributed by atoms with E-state index < -0.39 is 17.7 Å². The van der Waals surface area contributed by atoms with Crippen LogP contribution in [0.1, 0.15) is 47.2 Å². The highest BCUT2D eigenvalue weighted by atomic mass is 16.3. The molecule has 0 aliphatic rings. The van der Waals surface area contributed by atoms with Crippen LogP contribution in [0.2, 0.25) is 0 Å². The Morgan fingerprint density at radius 3 is 2.20 bits per heavy atom. The average Bonchev–Trinajstić information content (AvgIpc) is 3.11. The van der Waals surface area contributed by atoms with Gasteiger partial charge in [-0.2, -0.15) is 0 Å². The Bertz CT molecular complexity index is 744. The van der Waals surface area contributed by atoms with E-state index in [2.05, 4.69) is 36.9 Å². The molecule has 0 spiro atoms. The monoisotopic (exact) mass is 343 g/mol. The fourth-order valence-electron chi connectivity index (χ4n) is 2.02. The molecule has 3 amide bonds. The van der Waals surface area contributed by atoms with Crippen molar-refractivity contribution < 1.29 is 18.8 Å². The minimum Gasteiger partial charge on any atom is -0.459 e. The zero-order chi connectivity index (χ0) is 18.4. The summed E-state index contributed by atoms with van der Waals surface area (Å²) in [6, 6.07) is 10.2. The van der Waals surface area contributed by atoms with Crippen LogP contribution in [0, 0.1) is 0 Å². The van der Waals surface area contributed by atoms with Crippen LogP contribution in [-0.2, 0) is 10.2 Å². The molecular weight excluding hydrogens is 322 g/mol. The van der Waals surface area contributed by atoms with Crippen molar-refractivity contribution in [1.82, 2.24) is 16.2 Å².